The van der Waals surface area contributed by atoms with Gasteiger partial charge in [0.25, 0.3) is 0 Å². The van der Waals surface area contributed by atoms with Gasteiger partial charge in [0.2, 0.25) is 0 Å². The molecule has 0 saturated carbocycles. The Kier molecular flexibility index (Phi) is 7.48. The van der Waals surface area contributed by atoms with E-state index in [0.29, 0.717) is 0 Å². The molecular formula is C11H22O3. The van der Waals surface area contributed by atoms with Gasteiger partial charge in [-0.25, -0.2) is 0 Å². The van der Waals surface area contributed by atoms with Crippen LogP contribution in [0.3, 0.4) is 0 Å². The summed E-state index contributed by atoms with van der Waals surface area (Å²) in [6.45, 7) is 3.93. The SMILES string of the molecule is CCCCCCC(O)C(C)CC(=O)O. The highest BCUT2D eigenvalue weighted by atomic mass is 16.4. The molecule has 0 fully saturated rings. The molecule has 2 N–H and O–H groups in total. The van der Waals surface area contributed by atoms with Crippen molar-refractivity contribution in [2.24, 2.45) is 5.92 Å². The molecule has 0 bridgehead atoms. The van der Waals surface area contributed by atoms with E-state index < -0.39 is 12.1 Å². The number of hydrogen-bond acceptors (Lipinski definition) is 2. The quantitative estimate of drug-likeness (QED) is 0.594. The van der Waals surface area contributed by atoms with Crippen LogP contribution in [0, 0.1) is 5.92 Å². The van der Waals surface area contributed by atoms with E-state index in [2.05, 4.69) is 6.92 Å². The molecule has 0 aromatic rings. The average Bonchev–Trinajstić information content (AvgIpc) is 2.11. The molecule has 0 aromatic carbocycles. The Bertz CT molecular complexity index is 157. The summed E-state index contributed by atoms with van der Waals surface area (Å²) >= 11 is 0. The van der Waals surface area contributed by atoms with Crippen LogP contribution in [0.15, 0.2) is 0 Å². The first-order valence-electron chi connectivity index (χ1n) is 5.47. The second-order valence-electron chi connectivity index (χ2n) is 3.99. The molecule has 0 aromatic heterocycles. The molecule has 0 aliphatic carbocycles. The fraction of sp³-hybridized carbons (Fsp3) is 0.909. The fourth-order valence-electron chi connectivity index (χ4n) is 1.48. The monoisotopic (exact) mass is 202 g/mol. The molecule has 0 saturated heterocycles. The minimum absolute atomic E-state index is 0.0644. The van der Waals surface area contributed by atoms with Crippen molar-refractivity contribution >= 4 is 5.97 Å². The number of carboxylic acids is 1. The number of rotatable bonds is 8. The Labute approximate surface area is 86.1 Å². The van der Waals surface area contributed by atoms with Gasteiger partial charge in [-0.3, -0.25) is 4.79 Å². The maximum Gasteiger partial charge on any atom is 0.303 e. The van der Waals surface area contributed by atoms with Gasteiger partial charge in [-0.2, -0.15) is 0 Å². The predicted octanol–water partition coefficient (Wildman–Crippen LogP) is 2.43. The van der Waals surface area contributed by atoms with Gasteiger partial charge < -0.3 is 10.2 Å². The normalized spacial score (nSPS) is 15.1. The van der Waals surface area contributed by atoms with E-state index in [1.807, 2.05) is 0 Å². The zero-order chi connectivity index (χ0) is 11.0. The summed E-state index contributed by atoms with van der Waals surface area (Å²) < 4.78 is 0. The van der Waals surface area contributed by atoms with Crippen molar-refractivity contribution in [1.29, 1.82) is 0 Å². The van der Waals surface area contributed by atoms with Gasteiger partial charge >= 0.3 is 5.97 Å². The number of unbranched alkanes of at least 4 members (excludes halogenated alkanes) is 3. The maximum atomic E-state index is 10.4. The second-order valence-corrected chi connectivity index (χ2v) is 3.99. The van der Waals surface area contributed by atoms with E-state index in [9.17, 15) is 9.90 Å². The molecule has 0 spiro atoms. The van der Waals surface area contributed by atoms with Crippen molar-refractivity contribution in [1.82, 2.24) is 0 Å². The summed E-state index contributed by atoms with van der Waals surface area (Å²) in [4.78, 5) is 10.4. The number of aliphatic hydroxyl groups is 1. The Morgan fingerprint density at radius 2 is 1.93 bits per heavy atom. The highest BCUT2D eigenvalue weighted by Gasteiger charge is 2.16. The van der Waals surface area contributed by atoms with Gasteiger partial charge in [-0.05, 0) is 12.3 Å². The topological polar surface area (TPSA) is 57.5 Å². The summed E-state index contributed by atoms with van der Waals surface area (Å²) in [5.74, 6) is -0.959. The van der Waals surface area contributed by atoms with Gasteiger partial charge in [0.15, 0.2) is 0 Å². The Hall–Kier alpha value is -0.570. The largest absolute Gasteiger partial charge is 0.481 e. The molecule has 0 heterocycles. The summed E-state index contributed by atoms with van der Waals surface area (Å²) in [6.07, 6.45) is 4.85. The van der Waals surface area contributed by atoms with Crippen molar-refractivity contribution in [2.75, 3.05) is 0 Å². The minimum Gasteiger partial charge on any atom is -0.481 e. The lowest BCUT2D eigenvalue weighted by atomic mass is 9.96. The smallest absolute Gasteiger partial charge is 0.303 e. The van der Waals surface area contributed by atoms with Crippen molar-refractivity contribution in [3.63, 3.8) is 0 Å². The van der Waals surface area contributed by atoms with Crippen molar-refractivity contribution in [3.8, 4) is 0 Å². The molecule has 14 heavy (non-hydrogen) atoms. The standard InChI is InChI=1S/C11H22O3/c1-3-4-5-6-7-10(12)9(2)8-11(13)14/h9-10,12H,3-8H2,1-2H3,(H,13,14). The van der Waals surface area contributed by atoms with Crippen LogP contribution in [-0.2, 0) is 4.79 Å². The number of aliphatic carboxylic acids is 1. The molecule has 0 aliphatic heterocycles. The highest BCUT2D eigenvalue weighted by Crippen LogP contribution is 2.15. The van der Waals surface area contributed by atoms with Gasteiger partial charge in [0.1, 0.15) is 0 Å². The summed E-state index contributed by atoms with van der Waals surface area (Å²) in [5.41, 5.74) is 0. The first-order chi connectivity index (χ1) is 6.57. The lowest BCUT2D eigenvalue weighted by Gasteiger charge is -2.16. The number of carbonyl (C=O) groups is 1. The van der Waals surface area contributed by atoms with Gasteiger partial charge in [-0.1, -0.05) is 39.5 Å². The third kappa shape index (κ3) is 6.89. The van der Waals surface area contributed by atoms with Crippen LogP contribution in [0.4, 0.5) is 0 Å². The molecule has 0 amide bonds. The fourth-order valence-corrected chi connectivity index (χ4v) is 1.48. The van der Waals surface area contributed by atoms with Crippen LogP contribution < -0.4 is 0 Å². The molecule has 0 aliphatic rings. The zero-order valence-electron chi connectivity index (χ0n) is 9.20. The second kappa shape index (κ2) is 7.80. The van der Waals surface area contributed by atoms with Crippen molar-refractivity contribution in [2.45, 2.75) is 58.5 Å². The van der Waals surface area contributed by atoms with Crippen LogP contribution in [-0.4, -0.2) is 22.3 Å². The zero-order valence-corrected chi connectivity index (χ0v) is 9.20. The van der Waals surface area contributed by atoms with Gasteiger partial charge in [0.05, 0.1) is 12.5 Å². The van der Waals surface area contributed by atoms with E-state index in [-0.39, 0.29) is 12.3 Å². The third-order valence-electron chi connectivity index (χ3n) is 2.51. The molecule has 0 rings (SSSR count). The number of aliphatic hydroxyl groups excluding tert-OH is 1. The summed E-state index contributed by atoms with van der Waals surface area (Å²) in [5, 5.41) is 18.1. The van der Waals surface area contributed by atoms with Gasteiger partial charge in [-0.15, -0.1) is 0 Å². The minimum atomic E-state index is -0.829. The molecule has 2 unspecified atom stereocenters. The molecule has 3 nitrogen and oxygen atoms in total. The number of hydrogen-bond donors (Lipinski definition) is 2. The van der Waals surface area contributed by atoms with Crippen molar-refractivity contribution < 1.29 is 15.0 Å². The van der Waals surface area contributed by atoms with Crippen LogP contribution in [0.5, 0.6) is 0 Å². The van der Waals surface area contributed by atoms with Gasteiger partial charge in [0, 0.05) is 0 Å². The third-order valence-corrected chi connectivity index (χ3v) is 2.51. The molecule has 84 valence electrons. The van der Waals surface area contributed by atoms with Crippen molar-refractivity contribution in [3.05, 3.63) is 0 Å². The lowest BCUT2D eigenvalue weighted by molar-refractivity contribution is -0.139. The summed E-state index contributed by atoms with van der Waals surface area (Å²) in [6, 6.07) is 0. The van der Waals surface area contributed by atoms with E-state index in [1.54, 1.807) is 6.92 Å². The molecule has 2 atom stereocenters. The molecule has 3 heteroatoms. The maximum absolute atomic E-state index is 10.4. The lowest BCUT2D eigenvalue weighted by Crippen LogP contribution is -2.20. The molecule has 0 radical (unpaired) electrons. The van der Waals surface area contributed by atoms with Crippen LogP contribution in [0.2, 0.25) is 0 Å². The number of carboxylic acid groups (broad SMARTS) is 1. The molecular weight excluding hydrogens is 180 g/mol. The average molecular weight is 202 g/mol. The van der Waals surface area contributed by atoms with E-state index >= 15 is 0 Å². The highest BCUT2D eigenvalue weighted by molar-refractivity contribution is 5.67. The Balaban J connectivity index is 3.51. The van der Waals surface area contributed by atoms with Crippen LogP contribution >= 0.6 is 0 Å². The predicted molar refractivity (Wildman–Crippen MR) is 56.2 cm³/mol. The Morgan fingerprint density at radius 3 is 2.43 bits per heavy atom. The van der Waals surface area contributed by atoms with Crippen LogP contribution in [0.1, 0.15) is 52.4 Å². The summed E-state index contributed by atoms with van der Waals surface area (Å²) in [7, 11) is 0. The van der Waals surface area contributed by atoms with E-state index in [0.717, 1.165) is 19.3 Å². The Morgan fingerprint density at radius 1 is 1.29 bits per heavy atom. The first-order valence-corrected chi connectivity index (χ1v) is 5.47. The van der Waals surface area contributed by atoms with Crippen LogP contribution in [0.25, 0.3) is 0 Å². The van der Waals surface area contributed by atoms with E-state index in [4.69, 9.17) is 5.11 Å². The first kappa shape index (κ1) is 13.4. The van der Waals surface area contributed by atoms with E-state index in [1.165, 1.54) is 12.8 Å².